The molecule has 4 rings (SSSR count). The lowest BCUT2D eigenvalue weighted by molar-refractivity contribution is 1.12. The largest absolute Gasteiger partial charge is 0.368 e. The lowest BCUT2D eigenvalue weighted by atomic mass is 10.1. The topological polar surface area (TPSA) is 113 Å². The van der Waals surface area contributed by atoms with Gasteiger partial charge in [-0.1, -0.05) is 17.7 Å². The van der Waals surface area contributed by atoms with Crippen LogP contribution in [0.3, 0.4) is 0 Å². The zero-order chi connectivity index (χ0) is 19.0. The fourth-order valence-corrected chi connectivity index (χ4v) is 4.06. The van der Waals surface area contributed by atoms with E-state index in [0.29, 0.717) is 32.8 Å². The van der Waals surface area contributed by atoms with Crippen LogP contribution in [0, 0.1) is 18.3 Å². The Bertz CT molecular complexity index is 1190. The minimum absolute atomic E-state index is 0.185. The van der Waals surface area contributed by atoms with E-state index >= 15 is 0 Å². The minimum Gasteiger partial charge on any atom is -0.368 e. The molecule has 0 saturated carbocycles. The molecule has 0 atom stereocenters. The third-order valence-corrected chi connectivity index (χ3v) is 5.18. The van der Waals surface area contributed by atoms with Crippen LogP contribution in [-0.4, -0.2) is 19.9 Å². The van der Waals surface area contributed by atoms with Crippen LogP contribution in [0.1, 0.15) is 11.3 Å². The molecule has 3 heterocycles. The van der Waals surface area contributed by atoms with Gasteiger partial charge in [0.1, 0.15) is 10.8 Å². The van der Waals surface area contributed by atoms with Gasteiger partial charge in [0.05, 0.1) is 26.9 Å². The van der Waals surface area contributed by atoms with Gasteiger partial charge < -0.3 is 11.1 Å². The number of benzene rings is 1. The molecule has 0 amide bonds. The molecule has 0 aliphatic heterocycles. The molecular formula is C18H12ClN7S. The zero-order valence-corrected chi connectivity index (χ0v) is 15.6. The Morgan fingerprint density at radius 3 is 2.85 bits per heavy atom. The average molecular weight is 394 g/mol. The molecule has 0 fully saturated rings. The summed E-state index contributed by atoms with van der Waals surface area (Å²) in [6.07, 6.45) is 1.66. The summed E-state index contributed by atoms with van der Waals surface area (Å²) in [5.74, 6) is 1.33. The summed E-state index contributed by atoms with van der Waals surface area (Å²) in [6.45, 7) is 1.84. The highest BCUT2D eigenvalue weighted by molar-refractivity contribution is 7.22. The molecule has 9 heteroatoms. The Labute approximate surface area is 163 Å². The number of thiazole rings is 1. The number of aryl methyl sites for hydroxylation is 1. The fourth-order valence-electron chi connectivity index (χ4n) is 2.66. The number of aromatic nitrogens is 4. The van der Waals surface area contributed by atoms with E-state index in [4.69, 9.17) is 17.3 Å². The predicted molar refractivity (Wildman–Crippen MR) is 107 cm³/mol. The van der Waals surface area contributed by atoms with Crippen molar-refractivity contribution < 1.29 is 0 Å². The number of hydrogen-bond donors (Lipinski definition) is 2. The molecule has 0 saturated heterocycles. The number of nitrogens with one attached hydrogen (secondary N) is 1. The molecule has 27 heavy (non-hydrogen) atoms. The molecule has 0 aliphatic carbocycles. The molecule has 132 valence electrons. The van der Waals surface area contributed by atoms with Crippen molar-refractivity contribution in [2.75, 3.05) is 11.1 Å². The van der Waals surface area contributed by atoms with Crippen molar-refractivity contribution >= 4 is 50.7 Å². The Morgan fingerprint density at radius 1 is 1.22 bits per heavy atom. The van der Waals surface area contributed by atoms with Crippen molar-refractivity contribution in [3.8, 4) is 16.6 Å². The van der Waals surface area contributed by atoms with Gasteiger partial charge in [0, 0.05) is 23.5 Å². The maximum absolute atomic E-state index is 9.40. The van der Waals surface area contributed by atoms with Crippen LogP contribution in [0.2, 0.25) is 5.02 Å². The highest BCUT2D eigenvalue weighted by Gasteiger charge is 2.16. The van der Waals surface area contributed by atoms with Gasteiger partial charge in [0.2, 0.25) is 5.95 Å². The number of anilines is 3. The van der Waals surface area contributed by atoms with Gasteiger partial charge in [-0.15, -0.1) is 11.3 Å². The third kappa shape index (κ3) is 3.26. The maximum Gasteiger partial charge on any atom is 0.222 e. The van der Waals surface area contributed by atoms with Crippen molar-refractivity contribution in [3.63, 3.8) is 0 Å². The van der Waals surface area contributed by atoms with Crippen LogP contribution in [0.25, 0.3) is 20.8 Å². The maximum atomic E-state index is 9.40. The van der Waals surface area contributed by atoms with Gasteiger partial charge in [-0.05, 0) is 25.1 Å². The smallest absolute Gasteiger partial charge is 0.222 e. The van der Waals surface area contributed by atoms with Crippen LogP contribution in [-0.2, 0) is 0 Å². The second-order valence-electron chi connectivity index (χ2n) is 5.68. The van der Waals surface area contributed by atoms with Crippen molar-refractivity contribution in [2.24, 2.45) is 0 Å². The van der Waals surface area contributed by atoms with Crippen LogP contribution >= 0.6 is 22.9 Å². The zero-order valence-electron chi connectivity index (χ0n) is 14.1. The van der Waals surface area contributed by atoms with E-state index in [1.165, 1.54) is 11.3 Å². The number of nitrogen functional groups attached to an aromatic ring is 1. The lowest BCUT2D eigenvalue weighted by Gasteiger charge is -2.06. The molecule has 0 spiro atoms. The van der Waals surface area contributed by atoms with Gasteiger partial charge in [-0.25, -0.2) is 15.0 Å². The van der Waals surface area contributed by atoms with Gasteiger partial charge in [0.25, 0.3) is 0 Å². The van der Waals surface area contributed by atoms with Crippen LogP contribution in [0.15, 0.2) is 36.5 Å². The van der Waals surface area contributed by atoms with E-state index in [1.54, 1.807) is 30.5 Å². The molecular weight excluding hydrogens is 382 g/mol. The number of nitrogens with zero attached hydrogens (tertiary/aromatic N) is 5. The van der Waals surface area contributed by atoms with E-state index in [-0.39, 0.29) is 5.95 Å². The monoisotopic (exact) mass is 393 g/mol. The summed E-state index contributed by atoms with van der Waals surface area (Å²) in [5, 5.41) is 13.7. The number of halogens is 1. The van der Waals surface area contributed by atoms with Crippen LogP contribution < -0.4 is 11.1 Å². The Kier molecular flexibility index (Phi) is 4.32. The molecule has 0 bridgehead atoms. The van der Waals surface area contributed by atoms with E-state index < -0.39 is 0 Å². The second-order valence-corrected chi connectivity index (χ2v) is 7.09. The summed E-state index contributed by atoms with van der Waals surface area (Å²) < 4.78 is 0.825. The van der Waals surface area contributed by atoms with Crippen molar-refractivity contribution in [1.82, 2.24) is 19.9 Å². The number of hydrogen-bond acceptors (Lipinski definition) is 8. The van der Waals surface area contributed by atoms with Gasteiger partial charge in [-0.3, -0.25) is 0 Å². The molecule has 1 aromatic carbocycles. The summed E-state index contributed by atoms with van der Waals surface area (Å²) in [4.78, 5) is 17.3. The predicted octanol–water partition coefficient (Wildman–Crippen LogP) is 4.31. The average Bonchev–Trinajstić information content (AvgIpc) is 3.05. The molecule has 3 aromatic heterocycles. The van der Waals surface area contributed by atoms with E-state index in [0.717, 1.165) is 15.9 Å². The van der Waals surface area contributed by atoms with E-state index in [9.17, 15) is 5.26 Å². The van der Waals surface area contributed by atoms with Gasteiger partial charge >= 0.3 is 0 Å². The number of nitrogens with two attached hydrogens (primary N) is 1. The van der Waals surface area contributed by atoms with Crippen molar-refractivity contribution in [2.45, 2.75) is 6.92 Å². The Balaban J connectivity index is 1.83. The first-order chi connectivity index (χ1) is 13.0. The summed E-state index contributed by atoms with van der Waals surface area (Å²) in [5.41, 5.74) is 8.31. The van der Waals surface area contributed by atoms with Crippen LogP contribution in [0.4, 0.5) is 17.6 Å². The molecule has 4 aromatic rings. The molecule has 0 unspecified atom stereocenters. The first kappa shape index (κ1) is 17.1. The SMILES string of the molecule is Cc1cc(Nc2nccc3nc(-c4c(Cl)cccc4C#N)sc23)nc(N)n1. The normalized spacial score (nSPS) is 10.7. The molecule has 7 nitrogen and oxygen atoms in total. The number of rotatable bonds is 3. The van der Waals surface area contributed by atoms with E-state index in [1.807, 2.05) is 13.0 Å². The first-order valence-corrected chi connectivity index (χ1v) is 9.07. The van der Waals surface area contributed by atoms with Gasteiger partial charge in [-0.2, -0.15) is 10.2 Å². The van der Waals surface area contributed by atoms with Crippen LogP contribution in [0.5, 0.6) is 0 Å². The van der Waals surface area contributed by atoms with Crippen molar-refractivity contribution in [1.29, 1.82) is 5.26 Å². The molecule has 0 aliphatic rings. The number of fused-ring (bicyclic) bond motifs is 1. The Morgan fingerprint density at radius 2 is 2.07 bits per heavy atom. The Hall–Kier alpha value is -3.28. The molecule has 0 radical (unpaired) electrons. The summed E-state index contributed by atoms with van der Waals surface area (Å²) in [7, 11) is 0. The van der Waals surface area contributed by atoms with Gasteiger partial charge in [0.15, 0.2) is 5.82 Å². The fraction of sp³-hybridized carbons (Fsp3) is 0.0556. The summed E-state index contributed by atoms with van der Waals surface area (Å²) >= 11 is 7.73. The standard InChI is InChI=1S/C18H12ClN7S/c1-9-7-13(26-18(21)23-9)25-16-15-12(5-6-22-16)24-17(27-15)14-10(8-20)3-2-4-11(14)19/h2-7H,1H3,(H3,21,22,23,25,26). The lowest BCUT2D eigenvalue weighted by Crippen LogP contribution is -2.02. The van der Waals surface area contributed by atoms with Crippen molar-refractivity contribution in [3.05, 3.63) is 52.8 Å². The minimum atomic E-state index is 0.185. The second kappa shape index (κ2) is 6.79. The number of pyridine rings is 1. The highest BCUT2D eigenvalue weighted by Crippen LogP contribution is 2.38. The van der Waals surface area contributed by atoms with E-state index in [2.05, 4.69) is 31.3 Å². The molecule has 3 N–H and O–H groups in total. The number of nitriles is 1. The third-order valence-electron chi connectivity index (χ3n) is 3.77. The first-order valence-electron chi connectivity index (χ1n) is 7.88. The quantitative estimate of drug-likeness (QED) is 0.533. The highest BCUT2D eigenvalue weighted by atomic mass is 35.5. The summed E-state index contributed by atoms with van der Waals surface area (Å²) in [6, 6.07) is 11.0.